The highest BCUT2D eigenvalue weighted by molar-refractivity contribution is 7.99. The molecular weight excluding hydrogens is 843 g/mol. The van der Waals surface area contributed by atoms with E-state index in [1.54, 1.807) is 12.1 Å². The Kier molecular flexibility index (Phi) is 16.3. The monoisotopic (exact) mass is 891 g/mol. The van der Waals surface area contributed by atoms with E-state index >= 15 is 0 Å². The first-order valence-electron chi connectivity index (χ1n) is 19.2. The van der Waals surface area contributed by atoms with Crippen LogP contribution >= 0.6 is 23.4 Å². The Balaban J connectivity index is 1.23. The van der Waals surface area contributed by atoms with Gasteiger partial charge in [0, 0.05) is 52.6 Å². The lowest BCUT2D eigenvalue weighted by molar-refractivity contribution is -0.0435. The number of nitrogens with one attached hydrogen (secondary N) is 4. The zero-order valence-electron chi connectivity index (χ0n) is 32.8. The van der Waals surface area contributed by atoms with Crippen LogP contribution < -0.4 is 20.7 Å². The summed E-state index contributed by atoms with van der Waals surface area (Å²) in [4.78, 5) is 13.9. The summed E-state index contributed by atoms with van der Waals surface area (Å²) in [5, 5.41) is 10.4. The highest BCUT2D eigenvalue weighted by Crippen LogP contribution is 2.37. The number of hydrogen-bond acceptors (Lipinski definition) is 10. The van der Waals surface area contributed by atoms with Crippen LogP contribution in [0.1, 0.15) is 54.4 Å². The molecule has 17 heteroatoms. The molecule has 0 saturated heterocycles. The van der Waals surface area contributed by atoms with E-state index in [1.165, 1.54) is 40.6 Å². The fourth-order valence-corrected chi connectivity index (χ4v) is 9.74. The number of sulfonamides is 1. The summed E-state index contributed by atoms with van der Waals surface area (Å²) >= 11 is 7.53. The van der Waals surface area contributed by atoms with Crippen LogP contribution in [0.3, 0.4) is 0 Å². The highest BCUT2D eigenvalue weighted by Gasteiger charge is 2.48. The van der Waals surface area contributed by atoms with E-state index in [0.717, 1.165) is 49.3 Å². The third-order valence-electron chi connectivity index (χ3n) is 9.69. The lowest BCUT2D eigenvalue weighted by atomic mass is 9.87. The van der Waals surface area contributed by atoms with Gasteiger partial charge in [-0.2, -0.15) is 13.2 Å². The van der Waals surface area contributed by atoms with Crippen LogP contribution in [0.2, 0.25) is 5.02 Å². The summed E-state index contributed by atoms with van der Waals surface area (Å²) < 4.78 is 96.4. The molecule has 0 saturated carbocycles. The van der Waals surface area contributed by atoms with Crippen molar-refractivity contribution >= 4 is 66.1 Å². The number of anilines is 2. The van der Waals surface area contributed by atoms with E-state index in [9.17, 15) is 34.8 Å². The zero-order valence-corrected chi connectivity index (χ0v) is 36.0. The minimum absolute atomic E-state index is 0.0332. The predicted molar refractivity (Wildman–Crippen MR) is 231 cm³/mol. The van der Waals surface area contributed by atoms with Gasteiger partial charge in [0.05, 0.1) is 10.6 Å². The number of rotatable bonds is 20. The summed E-state index contributed by atoms with van der Waals surface area (Å²) in [5.41, 5.74) is -1.56. The van der Waals surface area contributed by atoms with Crippen LogP contribution in [0.15, 0.2) is 117 Å². The lowest BCUT2D eigenvalue weighted by Gasteiger charge is -2.23. The van der Waals surface area contributed by atoms with E-state index < -0.39 is 52.8 Å². The van der Waals surface area contributed by atoms with E-state index in [4.69, 9.17) is 11.6 Å². The molecule has 0 bridgehead atoms. The second kappa shape index (κ2) is 21.0. The van der Waals surface area contributed by atoms with Gasteiger partial charge in [-0.1, -0.05) is 47.5 Å². The van der Waals surface area contributed by atoms with Gasteiger partial charge in [-0.25, -0.2) is 21.6 Å². The first-order chi connectivity index (χ1) is 28.0. The number of benzene rings is 4. The van der Waals surface area contributed by atoms with Crippen LogP contribution in [0, 0.1) is 0 Å². The summed E-state index contributed by atoms with van der Waals surface area (Å²) in [6.45, 7) is 2.66. The van der Waals surface area contributed by atoms with Crippen molar-refractivity contribution < 1.29 is 34.8 Å². The quantitative estimate of drug-likeness (QED) is 0.0504. The lowest BCUT2D eigenvalue weighted by Crippen LogP contribution is -2.31. The molecule has 4 N–H and O–H groups in total. The fourth-order valence-electron chi connectivity index (χ4n) is 6.60. The molecule has 1 aliphatic rings. The second-order valence-corrected chi connectivity index (χ2v) is 19.6. The van der Waals surface area contributed by atoms with Gasteiger partial charge in [-0.05, 0) is 137 Å². The largest absolute Gasteiger partial charge is 0.501 e. The number of carbonyl (C=O) groups is 1. The number of thioether (sulfide) groups is 1. The predicted octanol–water partition coefficient (Wildman–Crippen LogP) is 8.70. The molecule has 1 aliphatic carbocycles. The summed E-state index contributed by atoms with van der Waals surface area (Å²) in [6, 6.07) is 25.2. The molecule has 0 spiro atoms. The van der Waals surface area contributed by atoms with Crippen LogP contribution in [0.25, 0.3) is 5.57 Å². The molecule has 59 heavy (non-hydrogen) atoms. The Bertz CT molecular complexity index is 2280. The Hall–Kier alpha value is -4.06. The van der Waals surface area contributed by atoms with Gasteiger partial charge in [0.2, 0.25) is 0 Å². The Labute approximate surface area is 354 Å². The maximum Gasteiger partial charge on any atom is 0.501 e. The number of amides is 1. The number of alkyl halides is 3. The molecular formula is C42H49ClF3N5O5S3. The van der Waals surface area contributed by atoms with Crippen molar-refractivity contribution in [3.05, 3.63) is 119 Å². The molecule has 0 heterocycles. The van der Waals surface area contributed by atoms with Crippen molar-refractivity contribution in [2.24, 2.45) is 0 Å². The van der Waals surface area contributed by atoms with E-state index in [2.05, 4.69) is 28.1 Å². The molecule has 5 rings (SSSR count). The van der Waals surface area contributed by atoms with Gasteiger partial charge in [-0.3, -0.25) is 4.79 Å². The van der Waals surface area contributed by atoms with Gasteiger partial charge in [0.15, 0.2) is 0 Å². The van der Waals surface area contributed by atoms with Crippen molar-refractivity contribution in [3.63, 3.8) is 0 Å². The topological polar surface area (TPSA) is 137 Å². The molecule has 4 aromatic carbocycles. The first kappa shape index (κ1) is 46.0. The molecule has 0 radical (unpaired) electrons. The average Bonchev–Trinajstić information content (AvgIpc) is 3.20. The number of allylic oxidation sites excluding steroid dienone is 1. The average molecular weight is 893 g/mol. The maximum atomic E-state index is 14.0. The molecule has 0 aliphatic heterocycles. The number of carbonyl (C=O) groups excluding carboxylic acids is 1. The molecule has 10 nitrogen and oxygen atoms in total. The minimum atomic E-state index is -6.03. The van der Waals surface area contributed by atoms with Gasteiger partial charge < -0.3 is 20.9 Å². The third kappa shape index (κ3) is 13.2. The fraction of sp³-hybridized carbons (Fsp3) is 0.357. The summed E-state index contributed by atoms with van der Waals surface area (Å²) in [6.07, 6.45) is 5.48. The van der Waals surface area contributed by atoms with Gasteiger partial charge in [0.25, 0.3) is 25.8 Å². The molecule has 318 valence electrons. The minimum Gasteiger partial charge on any atom is -0.384 e. The molecule has 1 amide bonds. The highest BCUT2D eigenvalue weighted by atomic mass is 35.5. The Morgan fingerprint density at radius 2 is 1.58 bits per heavy atom. The Morgan fingerprint density at radius 1 is 0.881 bits per heavy atom. The SMILES string of the molecule is CN(C)CCC[C@H](CSc1ccccc1)Nc1ccc(S(=O)(=O)NC(=O)c2ccc(NCCNCC3=C(c4ccc(Cl)cc4)CCCC3)cc2)cc1S(=O)(=O)C(F)(F)F. The normalized spacial score (nSPS) is 14.3. The smallest absolute Gasteiger partial charge is 0.384 e. The summed E-state index contributed by atoms with van der Waals surface area (Å²) in [7, 11) is -7.08. The number of nitrogens with zero attached hydrogens (tertiary/aromatic N) is 1. The molecule has 0 unspecified atom stereocenters. The molecule has 4 aromatic rings. The first-order valence-corrected chi connectivity index (χ1v) is 23.5. The van der Waals surface area contributed by atoms with Gasteiger partial charge in [-0.15, -0.1) is 11.8 Å². The molecule has 0 fully saturated rings. The van der Waals surface area contributed by atoms with E-state index in [-0.39, 0.29) is 5.56 Å². The van der Waals surface area contributed by atoms with Crippen molar-refractivity contribution in [3.8, 4) is 0 Å². The van der Waals surface area contributed by atoms with Crippen LogP contribution in [-0.4, -0.2) is 85.2 Å². The van der Waals surface area contributed by atoms with Crippen molar-refractivity contribution in [2.45, 2.75) is 64.8 Å². The van der Waals surface area contributed by atoms with Crippen molar-refractivity contribution in [1.29, 1.82) is 0 Å². The van der Waals surface area contributed by atoms with Crippen LogP contribution in [0.4, 0.5) is 24.5 Å². The number of halogens is 4. The van der Waals surface area contributed by atoms with E-state index in [0.29, 0.717) is 55.0 Å². The van der Waals surface area contributed by atoms with Crippen molar-refractivity contribution in [1.82, 2.24) is 14.9 Å². The Morgan fingerprint density at radius 3 is 2.25 bits per heavy atom. The maximum absolute atomic E-state index is 14.0. The third-order valence-corrected chi connectivity index (χ3v) is 14.0. The molecule has 0 aromatic heterocycles. The zero-order chi connectivity index (χ0) is 42.6. The van der Waals surface area contributed by atoms with Crippen LogP contribution in [0.5, 0.6) is 0 Å². The van der Waals surface area contributed by atoms with Crippen molar-refractivity contribution in [2.75, 3.05) is 56.7 Å². The van der Waals surface area contributed by atoms with E-state index in [1.807, 2.05) is 66.2 Å². The number of sulfone groups is 1. The van der Waals surface area contributed by atoms with Gasteiger partial charge >= 0.3 is 5.51 Å². The summed E-state index contributed by atoms with van der Waals surface area (Å²) in [5.74, 6) is -0.660. The standard InChI is InChI=1S/C42H49ClF3N5O5S3/c1-51(2)26-8-10-35(29-57-36-11-4-3-5-12-36)49-39-23-22-37(27-40(39)58(53,54)42(44,45)46)59(55,56)50-41(52)31-16-20-34(21-17-31)48-25-24-47-28-32-9-6-7-13-38(32)30-14-18-33(43)19-15-30/h3-5,11-12,14-23,27,35,47-49H,6-10,13,24-26,28-29H2,1-2H3,(H,50,52)/t35-/m1/s1. The van der Waals surface area contributed by atoms with Crippen LogP contribution in [-0.2, 0) is 19.9 Å². The molecule has 1 atom stereocenters. The van der Waals surface area contributed by atoms with Gasteiger partial charge in [0.1, 0.15) is 4.90 Å². The second-order valence-electron chi connectivity index (χ2n) is 14.4. The number of hydrogen-bond donors (Lipinski definition) is 4.